The van der Waals surface area contributed by atoms with E-state index in [0.29, 0.717) is 11.4 Å². The minimum Gasteiger partial charge on any atom is -0.465 e. The Morgan fingerprint density at radius 1 is 1.30 bits per heavy atom. The first kappa shape index (κ1) is 17.1. The van der Waals surface area contributed by atoms with Crippen LogP contribution in [-0.2, 0) is 0 Å². The number of fused-ring (bicyclic) bond motifs is 1. The Kier molecular flexibility index (Phi) is 4.09. The maximum atomic E-state index is 14.2. The molecule has 27 heavy (non-hydrogen) atoms. The molecule has 1 unspecified atom stereocenters. The van der Waals surface area contributed by atoms with E-state index in [1.54, 1.807) is 6.20 Å². The van der Waals surface area contributed by atoms with Gasteiger partial charge in [-0.2, -0.15) is 0 Å². The molecular formula is C17H16F2N6O2. The lowest BCUT2D eigenvalue weighted by Gasteiger charge is -2.37. The first-order valence-electron chi connectivity index (χ1n) is 8.31. The largest absolute Gasteiger partial charge is 0.465 e. The van der Waals surface area contributed by atoms with Crippen LogP contribution in [0.4, 0.5) is 19.4 Å². The first-order chi connectivity index (χ1) is 12.9. The number of piperidine rings is 1. The average Bonchev–Trinajstić information content (AvgIpc) is 3.07. The summed E-state index contributed by atoms with van der Waals surface area (Å²) >= 11 is 0. The predicted molar refractivity (Wildman–Crippen MR) is 92.8 cm³/mol. The van der Waals surface area contributed by atoms with Gasteiger partial charge in [0.15, 0.2) is 0 Å². The number of amides is 1. The molecule has 140 valence electrons. The number of carbonyl (C=O) groups is 1. The summed E-state index contributed by atoms with van der Waals surface area (Å²) in [7, 11) is 0. The molecule has 8 nitrogen and oxygen atoms in total. The average molecular weight is 374 g/mol. The van der Waals surface area contributed by atoms with E-state index in [1.165, 1.54) is 12.4 Å². The number of nitrogens with zero attached hydrogens (tertiary/aromatic N) is 5. The molecule has 0 spiro atoms. The highest BCUT2D eigenvalue weighted by molar-refractivity contribution is 5.65. The van der Waals surface area contributed by atoms with Gasteiger partial charge in [0.2, 0.25) is 0 Å². The fraction of sp³-hybridized carbons (Fsp3) is 0.294. The topological polar surface area (TPSA) is 95.7 Å². The third kappa shape index (κ3) is 3.25. The van der Waals surface area contributed by atoms with Crippen LogP contribution in [0.1, 0.15) is 6.42 Å². The predicted octanol–water partition coefficient (Wildman–Crippen LogP) is 2.59. The molecular weight excluding hydrogens is 358 g/mol. The molecule has 1 aliphatic rings. The van der Waals surface area contributed by atoms with Gasteiger partial charge in [-0.25, -0.2) is 23.5 Å². The Morgan fingerprint density at radius 3 is 2.96 bits per heavy atom. The first-order valence-corrected chi connectivity index (χ1v) is 8.31. The molecule has 3 aromatic rings. The molecule has 1 saturated heterocycles. The number of likely N-dealkylation sites (tertiary alicyclic amines) is 1. The van der Waals surface area contributed by atoms with Gasteiger partial charge in [-0.1, -0.05) is 6.07 Å². The van der Waals surface area contributed by atoms with Crippen LogP contribution >= 0.6 is 0 Å². The zero-order valence-electron chi connectivity index (χ0n) is 14.1. The highest BCUT2D eigenvalue weighted by Crippen LogP contribution is 2.30. The second-order valence-electron chi connectivity index (χ2n) is 6.30. The second-order valence-corrected chi connectivity index (χ2v) is 6.30. The minimum atomic E-state index is -3.05. The maximum Gasteiger partial charge on any atom is 0.407 e. The van der Waals surface area contributed by atoms with Crippen molar-refractivity contribution in [3.8, 4) is 11.4 Å². The molecule has 4 rings (SSSR count). The summed E-state index contributed by atoms with van der Waals surface area (Å²) in [5, 5.41) is 11.7. The molecule has 1 atom stereocenters. The van der Waals surface area contributed by atoms with E-state index in [2.05, 4.69) is 20.3 Å². The molecule has 1 fully saturated rings. The molecule has 2 N–H and O–H groups in total. The van der Waals surface area contributed by atoms with Crippen LogP contribution in [0.15, 0.2) is 43.0 Å². The van der Waals surface area contributed by atoms with Crippen LogP contribution in [0, 0.1) is 0 Å². The highest BCUT2D eigenvalue weighted by Gasteiger charge is 2.45. The molecule has 0 aromatic carbocycles. The van der Waals surface area contributed by atoms with Gasteiger partial charge in [0.25, 0.3) is 5.92 Å². The summed E-state index contributed by atoms with van der Waals surface area (Å²) in [6.45, 7) is -0.530. The van der Waals surface area contributed by atoms with E-state index in [-0.39, 0.29) is 18.9 Å². The fourth-order valence-electron chi connectivity index (χ4n) is 3.09. The van der Waals surface area contributed by atoms with Crippen molar-refractivity contribution in [2.75, 3.05) is 18.4 Å². The lowest BCUT2D eigenvalue weighted by molar-refractivity contribution is -0.0610. The number of pyridine rings is 1. The van der Waals surface area contributed by atoms with E-state index in [4.69, 9.17) is 5.11 Å². The normalized spacial score (nSPS) is 19.2. The van der Waals surface area contributed by atoms with Crippen LogP contribution in [0.25, 0.3) is 17.0 Å². The zero-order valence-corrected chi connectivity index (χ0v) is 14.1. The molecule has 1 aliphatic heterocycles. The lowest BCUT2D eigenvalue weighted by Crippen LogP contribution is -2.55. The smallest absolute Gasteiger partial charge is 0.407 e. The van der Waals surface area contributed by atoms with Crippen molar-refractivity contribution in [1.29, 1.82) is 0 Å². The molecule has 0 saturated carbocycles. The lowest BCUT2D eigenvalue weighted by atomic mass is 10.0. The zero-order chi connectivity index (χ0) is 19.0. The van der Waals surface area contributed by atoms with Gasteiger partial charge >= 0.3 is 6.09 Å². The number of hydrogen-bond donors (Lipinski definition) is 2. The summed E-state index contributed by atoms with van der Waals surface area (Å²) in [5.41, 5.74) is 1.86. The summed E-state index contributed by atoms with van der Waals surface area (Å²) in [5.74, 6) is -2.90. The van der Waals surface area contributed by atoms with Crippen LogP contribution in [0.5, 0.6) is 0 Å². The standard InChI is InChI=1S/C17H16F2N6O2/c18-17(19)4-6-24(16(26)27)10-13(17)23-14-9-20-7-11(22-14)12-8-21-15-3-1-2-5-25(12)15/h1-3,5,7-9,13H,4,6,10H2,(H,22,23)(H,26,27). The van der Waals surface area contributed by atoms with E-state index < -0.39 is 24.5 Å². The van der Waals surface area contributed by atoms with E-state index in [0.717, 1.165) is 10.5 Å². The summed E-state index contributed by atoms with van der Waals surface area (Å²) < 4.78 is 30.3. The number of aromatic nitrogens is 4. The number of carboxylic acid groups (broad SMARTS) is 1. The maximum absolute atomic E-state index is 14.2. The van der Waals surface area contributed by atoms with Gasteiger partial charge in [0.05, 0.1) is 30.8 Å². The van der Waals surface area contributed by atoms with Gasteiger partial charge in [0, 0.05) is 19.2 Å². The van der Waals surface area contributed by atoms with Crippen molar-refractivity contribution in [2.24, 2.45) is 0 Å². The number of imidazole rings is 1. The van der Waals surface area contributed by atoms with Crippen LogP contribution in [0.2, 0.25) is 0 Å². The van der Waals surface area contributed by atoms with Crippen molar-refractivity contribution >= 4 is 17.6 Å². The summed E-state index contributed by atoms with van der Waals surface area (Å²) in [4.78, 5) is 24.8. The third-order valence-corrected chi connectivity index (χ3v) is 4.53. The summed E-state index contributed by atoms with van der Waals surface area (Å²) in [6, 6.07) is 4.16. The Morgan fingerprint density at radius 2 is 2.15 bits per heavy atom. The summed E-state index contributed by atoms with van der Waals surface area (Å²) in [6.07, 6.45) is 4.54. The van der Waals surface area contributed by atoms with Gasteiger partial charge in [-0.15, -0.1) is 0 Å². The molecule has 0 bridgehead atoms. The Hall–Kier alpha value is -3.30. The van der Waals surface area contributed by atoms with E-state index in [9.17, 15) is 13.6 Å². The van der Waals surface area contributed by atoms with Crippen molar-refractivity contribution in [1.82, 2.24) is 24.3 Å². The van der Waals surface area contributed by atoms with Crippen molar-refractivity contribution in [3.05, 3.63) is 43.0 Å². The Balaban J connectivity index is 1.62. The van der Waals surface area contributed by atoms with Gasteiger partial charge in [0.1, 0.15) is 23.2 Å². The van der Waals surface area contributed by atoms with Crippen molar-refractivity contribution in [2.45, 2.75) is 18.4 Å². The van der Waals surface area contributed by atoms with Crippen LogP contribution < -0.4 is 5.32 Å². The Bertz CT molecular complexity index is 992. The van der Waals surface area contributed by atoms with E-state index >= 15 is 0 Å². The van der Waals surface area contributed by atoms with Crippen molar-refractivity contribution in [3.63, 3.8) is 0 Å². The van der Waals surface area contributed by atoms with Crippen LogP contribution in [-0.4, -0.2) is 60.5 Å². The Labute approximate surface area is 152 Å². The molecule has 0 aliphatic carbocycles. The van der Waals surface area contributed by atoms with Gasteiger partial charge in [-0.05, 0) is 12.1 Å². The van der Waals surface area contributed by atoms with Crippen LogP contribution in [0.3, 0.4) is 0 Å². The monoisotopic (exact) mass is 374 g/mol. The molecule has 3 aromatic heterocycles. The SMILES string of the molecule is O=C(O)N1CCC(F)(F)C(Nc2cncc(-c3cnc4ccccn34)n2)C1. The quantitative estimate of drug-likeness (QED) is 0.732. The number of anilines is 1. The minimum absolute atomic E-state index is 0.148. The molecule has 1 amide bonds. The fourth-order valence-corrected chi connectivity index (χ4v) is 3.09. The number of alkyl halides is 2. The number of hydrogen-bond acceptors (Lipinski definition) is 5. The molecule has 10 heteroatoms. The number of nitrogens with one attached hydrogen (secondary N) is 1. The van der Waals surface area contributed by atoms with Gasteiger partial charge in [-0.3, -0.25) is 9.38 Å². The van der Waals surface area contributed by atoms with Gasteiger partial charge < -0.3 is 15.3 Å². The van der Waals surface area contributed by atoms with Crippen molar-refractivity contribution < 1.29 is 18.7 Å². The molecule has 0 radical (unpaired) electrons. The number of rotatable bonds is 3. The highest BCUT2D eigenvalue weighted by atomic mass is 19.3. The molecule has 4 heterocycles. The number of halogens is 2. The third-order valence-electron chi connectivity index (χ3n) is 4.53. The van der Waals surface area contributed by atoms with E-state index in [1.807, 2.05) is 28.8 Å². The second kappa shape index (κ2) is 6.45.